The number of rotatable bonds is 16. The third-order valence-electron chi connectivity index (χ3n) is 6.84. The molecule has 2 aromatic carbocycles. The van der Waals surface area contributed by atoms with E-state index in [1.54, 1.807) is 18.2 Å². The highest BCUT2D eigenvalue weighted by molar-refractivity contribution is 6.17. The van der Waals surface area contributed by atoms with Crippen molar-refractivity contribution in [3.8, 4) is 0 Å². The molecule has 1 aromatic heterocycles. The van der Waals surface area contributed by atoms with Crippen molar-refractivity contribution in [1.29, 1.82) is 0 Å². The second kappa shape index (κ2) is 14.0. The van der Waals surface area contributed by atoms with Gasteiger partial charge in [-0.05, 0) is 75.5 Å². The Bertz CT molecular complexity index is 1120. The number of aryl methyl sites for hydroxylation is 2. The predicted octanol–water partition coefficient (Wildman–Crippen LogP) is 6.94. The van der Waals surface area contributed by atoms with E-state index in [9.17, 15) is 9.59 Å². The quantitative estimate of drug-likeness (QED) is 0.221. The van der Waals surface area contributed by atoms with Gasteiger partial charge in [0.25, 0.3) is 0 Å². The minimum atomic E-state index is -0.515. The monoisotopic (exact) mass is 490 g/mol. The van der Waals surface area contributed by atoms with Crippen molar-refractivity contribution >= 4 is 22.7 Å². The number of nitrogens with zero attached hydrogens (tertiary/aromatic N) is 1. The number of primary amides is 1. The van der Waals surface area contributed by atoms with Gasteiger partial charge in [0, 0.05) is 22.9 Å². The summed E-state index contributed by atoms with van der Waals surface area (Å²) in [6.45, 7) is 10.1. The summed E-state index contributed by atoms with van der Waals surface area (Å²) < 4.78 is 6.06. The highest BCUT2D eigenvalue weighted by Gasteiger charge is 2.22. The Labute approximate surface area is 216 Å². The van der Waals surface area contributed by atoms with Gasteiger partial charge in [-0.15, -0.1) is 0 Å². The van der Waals surface area contributed by atoms with Crippen molar-refractivity contribution in [3.63, 3.8) is 0 Å². The second-order valence-corrected chi connectivity index (χ2v) is 9.76. The van der Waals surface area contributed by atoms with Crippen LogP contribution in [-0.4, -0.2) is 36.2 Å². The summed E-state index contributed by atoms with van der Waals surface area (Å²) in [5, 5.41) is 0.658. The second-order valence-electron chi connectivity index (χ2n) is 9.76. The zero-order valence-electron chi connectivity index (χ0n) is 22.3. The molecule has 5 nitrogen and oxygen atoms in total. The van der Waals surface area contributed by atoms with Gasteiger partial charge in [0.05, 0.1) is 5.56 Å². The van der Waals surface area contributed by atoms with E-state index in [0.717, 1.165) is 32.2 Å². The Kier molecular flexibility index (Phi) is 10.7. The summed E-state index contributed by atoms with van der Waals surface area (Å²) in [5.74, 6) is 0.0963. The predicted molar refractivity (Wildman–Crippen MR) is 148 cm³/mol. The molecular weight excluding hydrogens is 448 g/mol. The van der Waals surface area contributed by atoms with Gasteiger partial charge < -0.3 is 15.1 Å². The van der Waals surface area contributed by atoms with Gasteiger partial charge in [0.2, 0.25) is 5.91 Å². The Hall–Kier alpha value is -2.92. The molecule has 0 saturated heterocycles. The molecule has 0 bridgehead atoms. The highest BCUT2D eigenvalue weighted by atomic mass is 16.3. The lowest BCUT2D eigenvalue weighted by Gasteiger charge is -2.21. The minimum Gasteiger partial charge on any atom is -0.460 e. The van der Waals surface area contributed by atoms with Gasteiger partial charge in [0.15, 0.2) is 5.78 Å². The molecule has 0 fully saturated rings. The minimum absolute atomic E-state index is 0.0710. The molecule has 0 aliphatic heterocycles. The number of amides is 1. The van der Waals surface area contributed by atoms with Crippen molar-refractivity contribution in [2.45, 2.75) is 78.6 Å². The topological polar surface area (TPSA) is 76.5 Å². The van der Waals surface area contributed by atoms with Gasteiger partial charge >= 0.3 is 0 Å². The van der Waals surface area contributed by atoms with Crippen LogP contribution in [0.5, 0.6) is 0 Å². The molecule has 3 aromatic rings. The van der Waals surface area contributed by atoms with Crippen molar-refractivity contribution in [1.82, 2.24) is 4.90 Å². The van der Waals surface area contributed by atoms with Gasteiger partial charge in [-0.1, -0.05) is 64.3 Å². The maximum absolute atomic E-state index is 13.6. The lowest BCUT2D eigenvalue weighted by Crippen LogP contribution is -2.27. The number of furan rings is 1. The van der Waals surface area contributed by atoms with E-state index in [4.69, 9.17) is 10.2 Å². The maximum Gasteiger partial charge on any atom is 0.248 e. The molecule has 3 rings (SSSR count). The maximum atomic E-state index is 13.6. The summed E-state index contributed by atoms with van der Waals surface area (Å²) in [6, 6.07) is 13.0. The number of carbonyl (C=O) groups excluding carboxylic acids is 2. The number of ketones is 1. The fourth-order valence-corrected chi connectivity index (χ4v) is 4.64. The summed E-state index contributed by atoms with van der Waals surface area (Å²) >= 11 is 0. The summed E-state index contributed by atoms with van der Waals surface area (Å²) in [7, 11) is 0. The van der Waals surface area contributed by atoms with E-state index in [2.05, 4.69) is 37.8 Å². The van der Waals surface area contributed by atoms with Crippen LogP contribution in [0.2, 0.25) is 0 Å². The molecule has 1 amide bonds. The van der Waals surface area contributed by atoms with E-state index in [0.29, 0.717) is 39.8 Å². The number of hydrogen-bond donors (Lipinski definition) is 1. The number of unbranched alkanes of at least 4 members (excludes halogenated alkanes) is 3. The van der Waals surface area contributed by atoms with Gasteiger partial charge in [-0.3, -0.25) is 9.59 Å². The summed E-state index contributed by atoms with van der Waals surface area (Å²) in [4.78, 5) is 28.0. The van der Waals surface area contributed by atoms with Crippen LogP contribution in [0.1, 0.15) is 103 Å². The third-order valence-corrected chi connectivity index (χ3v) is 6.84. The normalized spacial score (nSPS) is 11.4. The zero-order chi connectivity index (χ0) is 25.9. The van der Waals surface area contributed by atoms with Crippen LogP contribution in [0.25, 0.3) is 11.0 Å². The fourth-order valence-electron chi connectivity index (χ4n) is 4.64. The van der Waals surface area contributed by atoms with E-state index >= 15 is 0 Å². The largest absolute Gasteiger partial charge is 0.460 e. The number of carbonyl (C=O) groups is 2. The first-order valence-electron chi connectivity index (χ1n) is 13.7. The Morgan fingerprint density at radius 1 is 0.778 bits per heavy atom. The van der Waals surface area contributed by atoms with E-state index < -0.39 is 5.91 Å². The first kappa shape index (κ1) is 27.7. The molecule has 36 heavy (non-hydrogen) atoms. The number of fused-ring (bicyclic) bond motifs is 1. The third kappa shape index (κ3) is 7.30. The molecule has 0 spiro atoms. The van der Waals surface area contributed by atoms with Gasteiger partial charge in [-0.2, -0.15) is 0 Å². The van der Waals surface area contributed by atoms with Crippen LogP contribution in [0.15, 0.2) is 46.9 Å². The number of hydrogen-bond acceptors (Lipinski definition) is 4. The summed E-state index contributed by atoms with van der Waals surface area (Å²) in [5.41, 5.74) is 8.92. The molecule has 5 heteroatoms. The molecule has 2 N–H and O–H groups in total. The van der Waals surface area contributed by atoms with Crippen molar-refractivity contribution in [3.05, 3.63) is 70.5 Å². The first-order chi connectivity index (χ1) is 17.5. The van der Waals surface area contributed by atoms with Crippen molar-refractivity contribution in [2.75, 3.05) is 19.6 Å². The Morgan fingerprint density at radius 2 is 1.39 bits per heavy atom. The Morgan fingerprint density at radius 3 is 2.00 bits per heavy atom. The Balaban J connectivity index is 1.74. The molecule has 1 heterocycles. The van der Waals surface area contributed by atoms with Crippen LogP contribution >= 0.6 is 0 Å². The molecule has 0 unspecified atom stereocenters. The fraction of sp³-hybridized carbons (Fsp3) is 0.484. The summed E-state index contributed by atoms with van der Waals surface area (Å²) in [6.07, 6.45) is 9.70. The first-order valence-corrected chi connectivity index (χ1v) is 13.7. The van der Waals surface area contributed by atoms with Crippen LogP contribution < -0.4 is 5.73 Å². The van der Waals surface area contributed by atoms with Crippen molar-refractivity contribution in [2.24, 2.45) is 5.73 Å². The molecule has 0 saturated carbocycles. The number of nitrogens with two attached hydrogens (primary N) is 1. The zero-order valence-corrected chi connectivity index (χ0v) is 22.3. The molecule has 0 aliphatic rings. The van der Waals surface area contributed by atoms with Crippen LogP contribution in [-0.2, 0) is 12.8 Å². The smallest absolute Gasteiger partial charge is 0.248 e. The molecule has 0 aliphatic carbocycles. The van der Waals surface area contributed by atoms with E-state index in [1.807, 2.05) is 12.1 Å². The van der Waals surface area contributed by atoms with E-state index in [1.165, 1.54) is 44.3 Å². The van der Waals surface area contributed by atoms with Crippen molar-refractivity contribution < 1.29 is 14.0 Å². The van der Waals surface area contributed by atoms with Gasteiger partial charge in [-0.25, -0.2) is 0 Å². The van der Waals surface area contributed by atoms with Crippen LogP contribution in [0, 0.1) is 0 Å². The lowest BCUT2D eigenvalue weighted by molar-refractivity contribution is 0.0998. The van der Waals surface area contributed by atoms with Gasteiger partial charge in [0.1, 0.15) is 11.3 Å². The lowest BCUT2D eigenvalue weighted by atomic mass is 9.96. The standard InChI is InChI=1S/C31H42N2O3/c1-4-7-12-28-29(26-22-25(31(32)35)17-18-27(26)36-28)30(34)24-15-13-23(14-16-24)11-10-21-33(19-8-5-2)20-9-6-3/h13-18,22H,4-12,19-21H2,1-3H3,(H2,32,35). The number of benzene rings is 2. The van der Waals surface area contributed by atoms with Crippen LogP contribution in [0.3, 0.4) is 0 Å². The highest BCUT2D eigenvalue weighted by Crippen LogP contribution is 2.30. The molecule has 194 valence electrons. The van der Waals surface area contributed by atoms with E-state index in [-0.39, 0.29) is 5.78 Å². The molecule has 0 radical (unpaired) electrons. The molecular formula is C31H42N2O3. The van der Waals surface area contributed by atoms with Crippen LogP contribution in [0.4, 0.5) is 0 Å². The average Bonchev–Trinajstić information content (AvgIpc) is 3.26. The molecule has 0 atom stereocenters. The average molecular weight is 491 g/mol. The SMILES string of the molecule is CCCCc1oc2ccc(C(N)=O)cc2c1C(=O)c1ccc(CCCN(CCCC)CCCC)cc1.